The van der Waals surface area contributed by atoms with Crippen molar-refractivity contribution in [2.75, 3.05) is 19.4 Å². The molecule has 0 saturated heterocycles. The largest absolute Gasteiger partial charge is 0.382 e. The zero-order valence-corrected chi connectivity index (χ0v) is 13.1. The molecule has 0 aromatic heterocycles. The summed E-state index contributed by atoms with van der Waals surface area (Å²) >= 11 is 0. The van der Waals surface area contributed by atoms with Crippen molar-refractivity contribution in [2.24, 2.45) is 5.41 Å². The van der Waals surface area contributed by atoms with Crippen LogP contribution in [0.3, 0.4) is 0 Å². The van der Waals surface area contributed by atoms with Crippen LogP contribution in [-0.4, -0.2) is 30.9 Å². The van der Waals surface area contributed by atoms with Gasteiger partial charge in [-0.1, -0.05) is 13.8 Å². The Morgan fingerprint density at radius 2 is 1.70 bits per heavy atom. The fourth-order valence-corrected chi connectivity index (χ4v) is 2.75. The molecule has 1 N–H and O–H groups in total. The SMILES string of the molecule is CN(C)C(=O)c1ccc(NC2CCC(C)(C)CC2)cc1. The van der Waals surface area contributed by atoms with Gasteiger partial charge in [0.05, 0.1) is 0 Å². The molecule has 0 radical (unpaired) electrons. The predicted molar refractivity (Wildman–Crippen MR) is 84.1 cm³/mol. The first-order chi connectivity index (χ1) is 9.37. The van der Waals surface area contributed by atoms with Crippen LogP contribution in [0.5, 0.6) is 0 Å². The van der Waals surface area contributed by atoms with E-state index in [9.17, 15) is 4.79 Å². The van der Waals surface area contributed by atoms with E-state index in [1.165, 1.54) is 25.7 Å². The van der Waals surface area contributed by atoms with Gasteiger partial charge in [0.25, 0.3) is 5.91 Å². The van der Waals surface area contributed by atoms with Gasteiger partial charge in [0.1, 0.15) is 0 Å². The van der Waals surface area contributed by atoms with E-state index in [-0.39, 0.29) is 5.91 Å². The van der Waals surface area contributed by atoms with Gasteiger partial charge >= 0.3 is 0 Å². The first kappa shape index (κ1) is 14.9. The standard InChI is InChI=1S/C17H26N2O/c1-17(2)11-9-15(10-12-17)18-14-7-5-13(6-8-14)16(20)19(3)4/h5-8,15,18H,9-12H2,1-4H3. The molecule has 0 atom stereocenters. The second-order valence-corrected chi connectivity index (χ2v) is 6.86. The summed E-state index contributed by atoms with van der Waals surface area (Å²) in [5.41, 5.74) is 2.36. The minimum atomic E-state index is 0.0518. The van der Waals surface area contributed by atoms with E-state index < -0.39 is 0 Å². The third-order valence-electron chi connectivity index (χ3n) is 4.25. The lowest BCUT2D eigenvalue weighted by Crippen LogP contribution is -2.29. The molecule has 1 saturated carbocycles. The fourth-order valence-electron chi connectivity index (χ4n) is 2.75. The highest BCUT2D eigenvalue weighted by Crippen LogP contribution is 2.36. The van der Waals surface area contributed by atoms with E-state index in [1.54, 1.807) is 19.0 Å². The van der Waals surface area contributed by atoms with Crippen LogP contribution < -0.4 is 5.32 Å². The van der Waals surface area contributed by atoms with Crippen molar-refractivity contribution in [1.29, 1.82) is 0 Å². The topological polar surface area (TPSA) is 32.3 Å². The molecule has 3 heteroatoms. The maximum atomic E-state index is 11.8. The third-order valence-corrected chi connectivity index (χ3v) is 4.25. The van der Waals surface area contributed by atoms with Crippen LogP contribution in [0.1, 0.15) is 49.9 Å². The van der Waals surface area contributed by atoms with Gasteiger partial charge in [0.15, 0.2) is 0 Å². The van der Waals surface area contributed by atoms with Crippen molar-refractivity contribution in [3.8, 4) is 0 Å². The Labute approximate surface area is 122 Å². The zero-order valence-electron chi connectivity index (χ0n) is 13.1. The van der Waals surface area contributed by atoms with Gasteiger partial charge in [0, 0.05) is 31.4 Å². The Bertz CT molecular complexity index is 452. The maximum absolute atomic E-state index is 11.8. The summed E-state index contributed by atoms with van der Waals surface area (Å²) in [5, 5.41) is 3.59. The van der Waals surface area contributed by atoms with E-state index in [0.29, 0.717) is 11.5 Å². The predicted octanol–water partition coefficient (Wildman–Crippen LogP) is 3.77. The highest BCUT2D eigenvalue weighted by molar-refractivity contribution is 5.94. The number of benzene rings is 1. The molecule has 1 aliphatic rings. The Morgan fingerprint density at radius 1 is 1.15 bits per heavy atom. The number of carbonyl (C=O) groups is 1. The number of amides is 1. The molecular weight excluding hydrogens is 248 g/mol. The Kier molecular flexibility index (Phi) is 4.36. The molecule has 1 aromatic carbocycles. The Balaban J connectivity index is 1.93. The third kappa shape index (κ3) is 3.75. The van der Waals surface area contributed by atoms with E-state index >= 15 is 0 Å². The van der Waals surface area contributed by atoms with Crippen LogP contribution in [0.15, 0.2) is 24.3 Å². The van der Waals surface area contributed by atoms with Crippen molar-refractivity contribution in [3.05, 3.63) is 29.8 Å². The smallest absolute Gasteiger partial charge is 0.253 e. The maximum Gasteiger partial charge on any atom is 0.253 e. The molecule has 0 spiro atoms. The average molecular weight is 274 g/mol. The van der Waals surface area contributed by atoms with Crippen molar-refractivity contribution in [1.82, 2.24) is 4.90 Å². The summed E-state index contributed by atoms with van der Waals surface area (Å²) in [6.45, 7) is 4.70. The van der Waals surface area contributed by atoms with Crippen LogP contribution >= 0.6 is 0 Å². The summed E-state index contributed by atoms with van der Waals surface area (Å²) in [6, 6.07) is 8.39. The van der Waals surface area contributed by atoms with Gasteiger partial charge in [-0.3, -0.25) is 4.79 Å². The summed E-state index contributed by atoms with van der Waals surface area (Å²) in [5.74, 6) is 0.0518. The number of hydrogen-bond donors (Lipinski definition) is 1. The van der Waals surface area contributed by atoms with E-state index in [1.807, 2.05) is 24.3 Å². The summed E-state index contributed by atoms with van der Waals surface area (Å²) in [4.78, 5) is 13.4. The summed E-state index contributed by atoms with van der Waals surface area (Å²) < 4.78 is 0. The summed E-state index contributed by atoms with van der Waals surface area (Å²) in [6.07, 6.45) is 5.01. The number of nitrogens with zero attached hydrogens (tertiary/aromatic N) is 1. The molecule has 0 bridgehead atoms. The fraction of sp³-hybridized carbons (Fsp3) is 0.588. The van der Waals surface area contributed by atoms with Gasteiger partial charge in [0.2, 0.25) is 0 Å². The molecule has 0 unspecified atom stereocenters. The first-order valence-electron chi connectivity index (χ1n) is 7.46. The highest BCUT2D eigenvalue weighted by atomic mass is 16.2. The van der Waals surface area contributed by atoms with Gasteiger partial charge in [-0.25, -0.2) is 0 Å². The molecule has 1 aromatic rings. The van der Waals surface area contributed by atoms with Crippen LogP contribution in [0.25, 0.3) is 0 Å². The van der Waals surface area contributed by atoms with Crippen LogP contribution in [-0.2, 0) is 0 Å². The molecule has 1 amide bonds. The van der Waals surface area contributed by atoms with Crippen molar-refractivity contribution in [3.63, 3.8) is 0 Å². The molecule has 0 heterocycles. The zero-order chi connectivity index (χ0) is 14.8. The first-order valence-corrected chi connectivity index (χ1v) is 7.46. The average Bonchev–Trinajstić information content (AvgIpc) is 2.41. The number of anilines is 1. The lowest BCUT2D eigenvalue weighted by atomic mass is 9.75. The number of nitrogens with one attached hydrogen (secondary N) is 1. The number of rotatable bonds is 3. The highest BCUT2D eigenvalue weighted by Gasteiger charge is 2.26. The molecule has 20 heavy (non-hydrogen) atoms. The van der Waals surface area contributed by atoms with E-state index in [0.717, 1.165) is 11.3 Å². The van der Waals surface area contributed by atoms with Crippen LogP contribution in [0.2, 0.25) is 0 Å². The Morgan fingerprint density at radius 3 is 2.20 bits per heavy atom. The quantitative estimate of drug-likeness (QED) is 0.910. The van der Waals surface area contributed by atoms with Gasteiger partial charge in [-0.05, 0) is 55.4 Å². The molecule has 1 aliphatic carbocycles. The molecule has 1 fully saturated rings. The van der Waals surface area contributed by atoms with Crippen LogP contribution in [0, 0.1) is 5.41 Å². The molecule has 110 valence electrons. The van der Waals surface area contributed by atoms with Crippen LogP contribution in [0.4, 0.5) is 5.69 Å². The normalized spacial score (nSPS) is 18.6. The minimum absolute atomic E-state index is 0.0518. The number of hydrogen-bond acceptors (Lipinski definition) is 2. The second kappa shape index (κ2) is 5.86. The van der Waals surface area contributed by atoms with E-state index in [2.05, 4.69) is 19.2 Å². The van der Waals surface area contributed by atoms with Crippen molar-refractivity contribution in [2.45, 2.75) is 45.6 Å². The number of carbonyl (C=O) groups excluding carboxylic acids is 1. The second-order valence-electron chi connectivity index (χ2n) is 6.86. The summed E-state index contributed by atoms with van der Waals surface area (Å²) in [7, 11) is 3.55. The van der Waals surface area contributed by atoms with Crippen molar-refractivity contribution >= 4 is 11.6 Å². The molecule has 2 rings (SSSR count). The van der Waals surface area contributed by atoms with Gasteiger partial charge < -0.3 is 10.2 Å². The molecular formula is C17H26N2O. The van der Waals surface area contributed by atoms with E-state index in [4.69, 9.17) is 0 Å². The van der Waals surface area contributed by atoms with Gasteiger partial charge in [-0.2, -0.15) is 0 Å². The lowest BCUT2D eigenvalue weighted by molar-refractivity contribution is 0.0827. The molecule has 3 nitrogen and oxygen atoms in total. The Hall–Kier alpha value is -1.51. The minimum Gasteiger partial charge on any atom is -0.382 e. The lowest BCUT2D eigenvalue weighted by Gasteiger charge is -2.35. The van der Waals surface area contributed by atoms with Gasteiger partial charge in [-0.15, -0.1) is 0 Å². The monoisotopic (exact) mass is 274 g/mol. The van der Waals surface area contributed by atoms with Crippen molar-refractivity contribution < 1.29 is 4.79 Å². The molecule has 0 aliphatic heterocycles.